The van der Waals surface area contributed by atoms with Crippen LogP contribution in [0.15, 0.2) is 126 Å². The maximum absolute atomic E-state index is 6.84. The van der Waals surface area contributed by atoms with Gasteiger partial charge < -0.3 is 9.64 Å². The number of halogens is 1. The van der Waals surface area contributed by atoms with Crippen LogP contribution in [0, 0.1) is 0 Å². The van der Waals surface area contributed by atoms with Gasteiger partial charge in [0, 0.05) is 21.3 Å². The van der Waals surface area contributed by atoms with Crippen molar-refractivity contribution in [2.45, 2.75) is 18.7 Å². The van der Waals surface area contributed by atoms with Gasteiger partial charge in [-0.3, -0.25) is 0 Å². The fourth-order valence-electron chi connectivity index (χ4n) is 5.62. The lowest BCUT2D eigenvalue weighted by Crippen LogP contribution is -2.37. The van der Waals surface area contributed by atoms with E-state index in [1.54, 1.807) is 0 Å². The van der Waals surface area contributed by atoms with Crippen LogP contribution in [0.1, 0.15) is 29.0 Å². The minimum absolute atomic E-state index is 0.215. The van der Waals surface area contributed by atoms with Crippen LogP contribution in [-0.4, -0.2) is 0 Å². The number of benzene rings is 5. The van der Waals surface area contributed by atoms with Crippen molar-refractivity contribution in [3.63, 3.8) is 0 Å². The van der Waals surface area contributed by atoms with Gasteiger partial charge >= 0.3 is 0 Å². The molecule has 0 saturated carbocycles. The molecular weight excluding hydrogens is 506 g/mol. The second-order valence-corrected chi connectivity index (χ2v) is 10.3. The van der Waals surface area contributed by atoms with E-state index < -0.39 is 0 Å². The highest BCUT2D eigenvalue weighted by Gasteiger charge is 2.42. The third kappa shape index (κ3) is 3.54. The minimum atomic E-state index is -0.215. The molecule has 0 amide bonds. The summed E-state index contributed by atoms with van der Waals surface area (Å²) in [5.74, 6) is 0.967. The fourth-order valence-corrected chi connectivity index (χ4v) is 6.10. The Bertz CT molecular complexity index is 1560. The lowest BCUT2D eigenvalue weighted by atomic mass is 9.95. The summed E-state index contributed by atoms with van der Waals surface area (Å²) >= 11 is 3.80. The van der Waals surface area contributed by atoms with Crippen molar-refractivity contribution in [1.29, 1.82) is 0 Å². The van der Waals surface area contributed by atoms with Gasteiger partial charge in [-0.2, -0.15) is 0 Å². The van der Waals surface area contributed by atoms with Crippen molar-refractivity contribution >= 4 is 21.6 Å². The molecule has 5 aromatic rings. The number of nitrogens with zero attached hydrogens (tertiary/aromatic N) is 1. The third-order valence-electron chi connectivity index (χ3n) is 7.36. The first kappa shape index (κ1) is 21.5. The normalized spacial score (nSPS) is 17.6. The van der Waals surface area contributed by atoms with Crippen molar-refractivity contribution in [3.8, 4) is 28.0 Å². The molecule has 2 atom stereocenters. The van der Waals surface area contributed by atoms with Crippen molar-refractivity contribution in [1.82, 2.24) is 0 Å². The summed E-state index contributed by atoms with van der Waals surface area (Å²) in [6, 6.07) is 43.3. The van der Waals surface area contributed by atoms with Crippen LogP contribution in [0.4, 0.5) is 5.69 Å². The Labute approximate surface area is 219 Å². The molecule has 2 unspecified atom stereocenters. The van der Waals surface area contributed by atoms with E-state index in [2.05, 4.69) is 142 Å². The van der Waals surface area contributed by atoms with Crippen LogP contribution < -0.4 is 9.64 Å². The zero-order chi connectivity index (χ0) is 24.1. The molecule has 2 nitrogen and oxygen atoms in total. The highest BCUT2D eigenvalue weighted by molar-refractivity contribution is 9.10. The minimum Gasteiger partial charge on any atom is -0.466 e. The monoisotopic (exact) mass is 529 g/mol. The molecule has 0 fully saturated rings. The highest BCUT2D eigenvalue weighted by atomic mass is 79.9. The Hall–Kier alpha value is -3.82. The predicted molar refractivity (Wildman–Crippen MR) is 150 cm³/mol. The van der Waals surface area contributed by atoms with Gasteiger partial charge in [0.15, 0.2) is 6.23 Å². The average Bonchev–Trinajstić information content (AvgIpc) is 3.33. The fraction of sp³-hybridized carbons (Fsp3) is 0.0909. The number of fused-ring (bicyclic) bond motifs is 5. The van der Waals surface area contributed by atoms with Crippen molar-refractivity contribution in [3.05, 3.63) is 142 Å². The average molecular weight is 530 g/mol. The Balaban J connectivity index is 1.36. The summed E-state index contributed by atoms with van der Waals surface area (Å²) in [7, 11) is 0. The standard InChI is InChI=1S/C33H24BrNO/c34-29-14-8-7-13-27(29)33-35-30-18-16-24(22-9-3-1-4-10-22)19-26(30)20-31(35)28-17-15-25(21-32(28)36-33)23-11-5-2-6-12-23/h1-19,21,31,33H,20H2. The van der Waals surface area contributed by atoms with E-state index in [9.17, 15) is 0 Å². The number of anilines is 1. The molecular formula is C33H24BrNO. The molecule has 3 heteroatoms. The largest absolute Gasteiger partial charge is 0.466 e. The maximum Gasteiger partial charge on any atom is 0.200 e. The van der Waals surface area contributed by atoms with E-state index in [0.29, 0.717) is 0 Å². The second kappa shape index (κ2) is 8.69. The van der Waals surface area contributed by atoms with Gasteiger partial charge in [-0.05, 0) is 58.5 Å². The zero-order valence-corrected chi connectivity index (χ0v) is 21.2. The molecule has 2 aliphatic heterocycles. The third-order valence-corrected chi connectivity index (χ3v) is 8.08. The van der Waals surface area contributed by atoms with Crippen molar-refractivity contribution in [2.24, 2.45) is 0 Å². The van der Waals surface area contributed by atoms with Crippen LogP contribution in [0.2, 0.25) is 0 Å². The molecule has 0 radical (unpaired) electrons. The first-order chi connectivity index (χ1) is 17.8. The lowest BCUT2D eigenvalue weighted by Gasteiger charge is -2.41. The second-order valence-electron chi connectivity index (χ2n) is 9.45. The van der Waals surface area contributed by atoms with Gasteiger partial charge in [-0.15, -0.1) is 0 Å². The molecule has 0 saturated heterocycles. The Morgan fingerprint density at radius 2 is 1.25 bits per heavy atom. The molecule has 0 aliphatic carbocycles. The summed E-state index contributed by atoms with van der Waals surface area (Å²) in [4.78, 5) is 2.47. The van der Waals surface area contributed by atoms with Gasteiger partial charge in [0.05, 0.1) is 6.04 Å². The molecule has 0 N–H and O–H groups in total. The topological polar surface area (TPSA) is 12.5 Å². The SMILES string of the molecule is Brc1ccccc1C1Oc2cc(-c3ccccc3)ccc2C2Cc3cc(-c4ccccc4)ccc3N21. The molecule has 0 bridgehead atoms. The number of hydrogen-bond donors (Lipinski definition) is 0. The zero-order valence-electron chi connectivity index (χ0n) is 19.6. The Morgan fingerprint density at radius 1 is 0.611 bits per heavy atom. The van der Waals surface area contributed by atoms with Crippen molar-refractivity contribution < 1.29 is 4.74 Å². The van der Waals surface area contributed by atoms with Crippen LogP contribution in [-0.2, 0) is 6.42 Å². The first-order valence-corrected chi connectivity index (χ1v) is 13.1. The molecule has 5 aromatic carbocycles. The van der Waals surface area contributed by atoms with Gasteiger partial charge in [0.1, 0.15) is 5.75 Å². The Morgan fingerprint density at radius 3 is 1.97 bits per heavy atom. The Kier molecular flexibility index (Phi) is 5.18. The maximum atomic E-state index is 6.84. The van der Waals surface area contributed by atoms with E-state index >= 15 is 0 Å². The van der Waals surface area contributed by atoms with Crippen LogP contribution in [0.5, 0.6) is 5.75 Å². The van der Waals surface area contributed by atoms with E-state index in [4.69, 9.17) is 4.74 Å². The summed E-state index contributed by atoms with van der Waals surface area (Å²) in [6.07, 6.45) is 0.741. The number of ether oxygens (including phenoxy) is 1. The smallest absolute Gasteiger partial charge is 0.200 e. The van der Waals surface area contributed by atoms with E-state index in [1.807, 2.05) is 0 Å². The first-order valence-electron chi connectivity index (χ1n) is 12.3. The quantitative estimate of drug-likeness (QED) is 0.231. The summed E-state index contributed by atoms with van der Waals surface area (Å²) < 4.78 is 7.90. The molecule has 7 rings (SSSR count). The highest BCUT2D eigenvalue weighted by Crippen LogP contribution is 2.53. The summed E-state index contributed by atoms with van der Waals surface area (Å²) in [5, 5.41) is 0. The predicted octanol–water partition coefficient (Wildman–Crippen LogP) is 8.98. The molecule has 0 spiro atoms. The molecule has 36 heavy (non-hydrogen) atoms. The molecule has 2 heterocycles. The molecule has 2 aliphatic rings. The van der Waals surface area contributed by atoms with Gasteiger partial charge in [0.25, 0.3) is 0 Å². The number of hydrogen-bond acceptors (Lipinski definition) is 2. The lowest BCUT2D eigenvalue weighted by molar-refractivity contribution is 0.167. The van der Waals surface area contributed by atoms with E-state index in [-0.39, 0.29) is 12.3 Å². The number of rotatable bonds is 3. The van der Waals surface area contributed by atoms with Crippen LogP contribution in [0.25, 0.3) is 22.3 Å². The van der Waals surface area contributed by atoms with E-state index in [1.165, 1.54) is 39.1 Å². The van der Waals surface area contributed by atoms with E-state index in [0.717, 1.165) is 22.2 Å². The summed E-state index contributed by atoms with van der Waals surface area (Å²) in [5.41, 5.74) is 9.87. The van der Waals surface area contributed by atoms with Crippen LogP contribution >= 0.6 is 15.9 Å². The van der Waals surface area contributed by atoms with Gasteiger partial charge in [0.2, 0.25) is 0 Å². The van der Waals surface area contributed by atoms with Crippen LogP contribution in [0.3, 0.4) is 0 Å². The van der Waals surface area contributed by atoms with Gasteiger partial charge in [-0.1, -0.05) is 113 Å². The molecule has 0 aromatic heterocycles. The van der Waals surface area contributed by atoms with Gasteiger partial charge in [-0.25, -0.2) is 0 Å². The molecule has 174 valence electrons. The van der Waals surface area contributed by atoms with Crippen molar-refractivity contribution in [2.75, 3.05) is 4.90 Å². The summed E-state index contributed by atoms with van der Waals surface area (Å²) in [6.45, 7) is 0.